The highest BCUT2D eigenvalue weighted by atomic mass is 32.1. The molecule has 9 heteroatoms. The summed E-state index contributed by atoms with van der Waals surface area (Å²) in [5.41, 5.74) is 4.99. The van der Waals surface area contributed by atoms with Gasteiger partial charge in [0.15, 0.2) is 0 Å². The van der Waals surface area contributed by atoms with Gasteiger partial charge in [-0.1, -0.05) is 42.5 Å². The lowest BCUT2D eigenvalue weighted by atomic mass is 9.87. The van der Waals surface area contributed by atoms with Crippen molar-refractivity contribution in [1.29, 1.82) is 0 Å². The Balaban J connectivity index is 1.03. The van der Waals surface area contributed by atoms with E-state index in [0.29, 0.717) is 42.7 Å². The second-order valence-electron chi connectivity index (χ2n) is 9.03. The van der Waals surface area contributed by atoms with Crippen molar-refractivity contribution < 1.29 is 14.3 Å². The summed E-state index contributed by atoms with van der Waals surface area (Å²) < 4.78 is 13.7. The summed E-state index contributed by atoms with van der Waals surface area (Å²) in [7, 11) is 1.91. The number of nitrogens with zero attached hydrogens (tertiary/aromatic N) is 4. The van der Waals surface area contributed by atoms with E-state index in [0.717, 1.165) is 25.3 Å². The van der Waals surface area contributed by atoms with E-state index in [-0.39, 0.29) is 11.8 Å². The lowest BCUT2D eigenvalue weighted by Gasteiger charge is -2.43. The maximum absolute atomic E-state index is 12.5. The summed E-state index contributed by atoms with van der Waals surface area (Å²) in [6.45, 7) is 4.48. The van der Waals surface area contributed by atoms with E-state index < -0.39 is 0 Å². The maximum atomic E-state index is 12.5. The van der Waals surface area contributed by atoms with E-state index in [9.17, 15) is 4.79 Å². The van der Waals surface area contributed by atoms with Gasteiger partial charge in [0.25, 0.3) is 0 Å². The van der Waals surface area contributed by atoms with Gasteiger partial charge in [0.2, 0.25) is 5.78 Å². The Morgan fingerprint density at radius 1 is 1.14 bits per heavy atom. The molecule has 37 heavy (non-hydrogen) atoms. The second-order valence-corrected chi connectivity index (χ2v) is 9.74. The molecule has 1 aliphatic heterocycles. The highest BCUT2D eigenvalue weighted by Gasteiger charge is 2.35. The molecule has 1 unspecified atom stereocenters. The van der Waals surface area contributed by atoms with Gasteiger partial charge in [-0.15, -0.1) is 11.3 Å². The van der Waals surface area contributed by atoms with Crippen LogP contribution in [0.25, 0.3) is 0 Å². The molecule has 1 atom stereocenters. The first kappa shape index (κ1) is 25.1. The van der Waals surface area contributed by atoms with Crippen molar-refractivity contribution in [3.05, 3.63) is 94.7 Å². The van der Waals surface area contributed by atoms with E-state index in [1.54, 1.807) is 23.0 Å². The SMILES string of the molecule is CNc1cnn(C(c2ccccc2)C2CN(CCOCCOc3cccc(C(=O)c4cscn4)c3)C2)c1. The number of benzene rings is 2. The zero-order chi connectivity index (χ0) is 25.5. The monoisotopic (exact) mass is 517 g/mol. The fourth-order valence-corrected chi connectivity index (χ4v) is 5.15. The number of rotatable bonds is 13. The number of aromatic nitrogens is 3. The summed E-state index contributed by atoms with van der Waals surface area (Å²) in [5, 5.41) is 9.54. The molecule has 5 rings (SSSR count). The molecule has 1 saturated heterocycles. The molecule has 4 aromatic rings. The molecular weight excluding hydrogens is 486 g/mol. The van der Waals surface area contributed by atoms with Crippen molar-refractivity contribution in [3.63, 3.8) is 0 Å². The molecule has 3 heterocycles. The number of carbonyl (C=O) groups excluding carboxylic acids is 1. The lowest BCUT2D eigenvalue weighted by molar-refractivity contribution is 0.0253. The fraction of sp³-hybridized carbons (Fsp3) is 0.321. The predicted molar refractivity (Wildman–Crippen MR) is 145 cm³/mol. The molecule has 2 aromatic heterocycles. The number of carbonyl (C=O) groups is 1. The van der Waals surface area contributed by atoms with E-state index in [2.05, 4.69) is 61.5 Å². The number of nitrogens with one attached hydrogen (secondary N) is 1. The summed E-state index contributed by atoms with van der Waals surface area (Å²) in [5.74, 6) is 1.05. The Morgan fingerprint density at radius 2 is 2.00 bits per heavy atom. The first-order chi connectivity index (χ1) is 18.2. The number of anilines is 1. The standard InChI is InChI=1S/C28H31N5O3S/c1-29-24-15-31-33(18-24)27(21-6-3-2-4-7-21)23-16-32(17-23)10-11-35-12-13-36-25-9-5-8-22(14-25)28(34)26-19-37-20-30-26/h2-9,14-15,18-20,23,27,29H,10-13,16-17H2,1H3. The lowest BCUT2D eigenvalue weighted by Crippen LogP contribution is -2.51. The van der Waals surface area contributed by atoms with Crippen LogP contribution in [-0.2, 0) is 4.74 Å². The molecule has 0 aliphatic carbocycles. The number of likely N-dealkylation sites (tertiary alicyclic amines) is 1. The molecule has 1 N–H and O–H groups in total. The van der Waals surface area contributed by atoms with Crippen LogP contribution in [0.5, 0.6) is 5.75 Å². The minimum absolute atomic E-state index is 0.0969. The van der Waals surface area contributed by atoms with E-state index in [4.69, 9.17) is 9.47 Å². The Kier molecular flexibility index (Phi) is 8.25. The van der Waals surface area contributed by atoms with Crippen LogP contribution in [0.3, 0.4) is 0 Å². The molecule has 0 spiro atoms. The highest BCUT2D eigenvalue weighted by Crippen LogP contribution is 2.33. The topological polar surface area (TPSA) is 81.5 Å². The second kappa shape index (κ2) is 12.1. The van der Waals surface area contributed by atoms with Crippen molar-refractivity contribution in [2.24, 2.45) is 5.92 Å². The Bertz CT molecular complexity index is 1270. The highest BCUT2D eigenvalue weighted by molar-refractivity contribution is 7.07. The van der Waals surface area contributed by atoms with Gasteiger partial charge in [-0.05, 0) is 17.7 Å². The Morgan fingerprint density at radius 3 is 2.76 bits per heavy atom. The third-order valence-corrected chi connectivity index (χ3v) is 7.14. The van der Waals surface area contributed by atoms with Crippen LogP contribution in [0.4, 0.5) is 5.69 Å². The average Bonchev–Trinajstić information content (AvgIpc) is 3.62. The van der Waals surface area contributed by atoms with Gasteiger partial charge in [0.05, 0.1) is 36.7 Å². The Hall–Kier alpha value is -3.53. The van der Waals surface area contributed by atoms with Gasteiger partial charge in [0, 0.05) is 49.7 Å². The third kappa shape index (κ3) is 6.25. The van der Waals surface area contributed by atoms with Crippen LogP contribution in [0, 0.1) is 5.92 Å². The molecule has 2 aromatic carbocycles. The third-order valence-electron chi connectivity index (χ3n) is 6.56. The fourth-order valence-electron chi connectivity index (χ4n) is 4.62. The Labute approximate surface area is 220 Å². The minimum Gasteiger partial charge on any atom is -0.491 e. The molecular formula is C28H31N5O3S. The van der Waals surface area contributed by atoms with Crippen LogP contribution >= 0.6 is 11.3 Å². The van der Waals surface area contributed by atoms with Gasteiger partial charge >= 0.3 is 0 Å². The van der Waals surface area contributed by atoms with E-state index >= 15 is 0 Å². The molecule has 1 fully saturated rings. The number of hydrogen-bond donors (Lipinski definition) is 1. The summed E-state index contributed by atoms with van der Waals surface area (Å²) >= 11 is 1.41. The normalized spacial score (nSPS) is 14.7. The van der Waals surface area contributed by atoms with E-state index in [1.807, 2.05) is 25.4 Å². The molecule has 0 saturated carbocycles. The van der Waals surface area contributed by atoms with Gasteiger partial charge in [-0.3, -0.25) is 9.48 Å². The molecule has 1 aliphatic rings. The first-order valence-electron chi connectivity index (χ1n) is 12.4. The maximum Gasteiger partial charge on any atom is 0.212 e. The summed E-state index contributed by atoms with van der Waals surface area (Å²) in [6.07, 6.45) is 3.95. The number of ether oxygens (including phenoxy) is 2. The zero-order valence-electron chi connectivity index (χ0n) is 20.8. The van der Waals surface area contributed by atoms with Gasteiger partial charge < -0.3 is 19.7 Å². The van der Waals surface area contributed by atoms with Gasteiger partial charge in [0.1, 0.15) is 18.1 Å². The van der Waals surface area contributed by atoms with Crippen LogP contribution in [0.2, 0.25) is 0 Å². The van der Waals surface area contributed by atoms with Crippen molar-refractivity contribution in [2.45, 2.75) is 6.04 Å². The average molecular weight is 518 g/mol. The van der Waals surface area contributed by atoms with Crippen molar-refractivity contribution in [3.8, 4) is 5.75 Å². The molecule has 0 radical (unpaired) electrons. The molecule has 0 amide bonds. The molecule has 8 nitrogen and oxygen atoms in total. The van der Waals surface area contributed by atoms with Crippen LogP contribution < -0.4 is 10.1 Å². The van der Waals surface area contributed by atoms with Crippen LogP contribution in [-0.4, -0.2) is 72.0 Å². The van der Waals surface area contributed by atoms with Crippen LogP contribution in [0.15, 0.2) is 77.9 Å². The largest absolute Gasteiger partial charge is 0.491 e. The van der Waals surface area contributed by atoms with Crippen molar-refractivity contribution in [1.82, 2.24) is 19.7 Å². The number of thiazole rings is 1. The minimum atomic E-state index is -0.0969. The quantitative estimate of drug-likeness (QED) is 0.210. The first-order valence-corrected chi connectivity index (χ1v) is 13.4. The zero-order valence-corrected chi connectivity index (χ0v) is 21.6. The number of ketones is 1. The molecule has 192 valence electrons. The summed E-state index contributed by atoms with van der Waals surface area (Å²) in [4.78, 5) is 19.0. The summed E-state index contributed by atoms with van der Waals surface area (Å²) in [6, 6.07) is 18.0. The predicted octanol–water partition coefficient (Wildman–Crippen LogP) is 4.23. The van der Waals surface area contributed by atoms with Gasteiger partial charge in [-0.25, -0.2) is 4.98 Å². The number of hydrogen-bond acceptors (Lipinski definition) is 8. The van der Waals surface area contributed by atoms with E-state index in [1.165, 1.54) is 16.9 Å². The van der Waals surface area contributed by atoms with Gasteiger partial charge in [-0.2, -0.15) is 5.10 Å². The van der Waals surface area contributed by atoms with Crippen LogP contribution in [0.1, 0.15) is 27.7 Å². The smallest absolute Gasteiger partial charge is 0.212 e. The molecule has 0 bridgehead atoms. The van der Waals surface area contributed by atoms with Crippen molar-refractivity contribution in [2.75, 3.05) is 51.8 Å². The van der Waals surface area contributed by atoms with Crippen molar-refractivity contribution >= 4 is 22.8 Å².